The highest BCUT2D eigenvalue weighted by Gasteiger charge is 2.19. The van der Waals surface area contributed by atoms with E-state index in [-0.39, 0.29) is 11.1 Å². The van der Waals surface area contributed by atoms with E-state index in [1.807, 2.05) is 0 Å². The van der Waals surface area contributed by atoms with Crippen LogP contribution >= 0.6 is 11.3 Å². The Balaban J connectivity index is 1.87. The number of nitrogens with zero attached hydrogens (tertiary/aromatic N) is 1. The second-order valence-electron chi connectivity index (χ2n) is 5.59. The molecule has 0 bridgehead atoms. The summed E-state index contributed by atoms with van der Waals surface area (Å²) in [6, 6.07) is 8.24. The summed E-state index contributed by atoms with van der Waals surface area (Å²) >= 11 is 1.17. The number of amides is 2. The van der Waals surface area contributed by atoms with Gasteiger partial charge < -0.3 is 9.73 Å². The topological polar surface area (TPSA) is 101 Å². The molecule has 0 saturated heterocycles. The van der Waals surface area contributed by atoms with E-state index in [1.54, 1.807) is 49.6 Å². The van der Waals surface area contributed by atoms with Gasteiger partial charge in [0.25, 0.3) is 11.8 Å². The Morgan fingerprint density at radius 1 is 1.08 bits per heavy atom. The molecule has 0 unspecified atom stereocenters. The zero-order chi connectivity index (χ0) is 18.7. The second kappa shape index (κ2) is 7.32. The van der Waals surface area contributed by atoms with Crippen molar-refractivity contribution in [2.75, 3.05) is 5.32 Å². The number of rotatable bonds is 4. The van der Waals surface area contributed by atoms with Crippen molar-refractivity contribution in [3.05, 3.63) is 63.3 Å². The highest BCUT2D eigenvalue weighted by molar-refractivity contribution is 7.14. The van der Waals surface area contributed by atoms with Gasteiger partial charge in [0.15, 0.2) is 0 Å². The van der Waals surface area contributed by atoms with Gasteiger partial charge in [-0.3, -0.25) is 14.4 Å². The maximum atomic E-state index is 12.5. The van der Waals surface area contributed by atoms with Crippen LogP contribution < -0.4 is 16.2 Å². The number of carbonyl (C=O) groups excluding carboxylic acids is 2. The van der Waals surface area contributed by atoms with E-state index >= 15 is 0 Å². The molecule has 7 nitrogen and oxygen atoms in total. The third-order valence-corrected chi connectivity index (χ3v) is 4.27. The maximum Gasteiger partial charge on any atom is 0.274 e. The Kier molecular flexibility index (Phi) is 4.94. The van der Waals surface area contributed by atoms with Crippen molar-refractivity contribution in [2.24, 2.45) is 5.10 Å². The zero-order valence-corrected chi connectivity index (χ0v) is 14.8. The lowest BCUT2D eigenvalue weighted by Gasteiger charge is -2.06. The Bertz CT molecular complexity index is 1080. The van der Waals surface area contributed by atoms with E-state index in [9.17, 15) is 14.4 Å². The van der Waals surface area contributed by atoms with Gasteiger partial charge in [-0.25, -0.2) is 5.43 Å². The molecule has 2 aromatic heterocycles. The van der Waals surface area contributed by atoms with Gasteiger partial charge in [0.05, 0.1) is 10.9 Å². The fourth-order valence-corrected chi connectivity index (χ4v) is 2.99. The first-order valence-electron chi connectivity index (χ1n) is 7.68. The molecule has 0 spiro atoms. The third kappa shape index (κ3) is 3.55. The van der Waals surface area contributed by atoms with Crippen LogP contribution in [0.3, 0.4) is 0 Å². The quantitative estimate of drug-likeness (QED) is 0.544. The van der Waals surface area contributed by atoms with Crippen molar-refractivity contribution < 1.29 is 14.0 Å². The molecule has 0 fully saturated rings. The van der Waals surface area contributed by atoms with Crippen molar-refractivity contribution in [3.8, 4) is 0 Å². The number of hydrogen-bond donors (Lipinski definition) is 2. The van der Waals surface area contributed by atoms with E-state index in [0.29, 0.717) is 21.7 Å². The van der Waals surface area contributed by atoms with Gasteiger partial charge in [0.2, 0.25) is 5.43 Å². The number of fused-ring (bicyclic) bond motifs is 1. The summed E-state index contributed by atoms with van der Waals surface area (Å²) in [5, 5.41) is 8.74. The minimum Gasteiger partial charge on any atom is -0.463 e. The van der Waals surface area contributed by atoms with Crippen molar-refractivity contribution in [3.63, 3.8) is 0 Å². The van der Waals surface area contributed by atoms with Gasteiger partial charge in [-0.2, -0.15) is 5.10 Å². The average molecular weight is 369 g/mol. The summed E-state index contributed by atoms with van der Waals surface area (Å²) in [5.74, 6) is -1.09. The highest BCUT2D eigenvalue weighted by Crippen LogP contribution is 2.24. The Morgan fingerprint density at radius 3 is 2.62 bits per heavy atom. The minimum atomic E-state index is -0.642. The number of thiophene rings is 1. The fraction of sp³-hybridized carbons (Fsp3) is 0.111. The van der Waals surface area contributed by atoms with Crippen LogP contribution in [0.1, 0.15) is 34.6 Å². The second-order valence-corrected chi connectivity index (χ2v) is 6.51. The molecular weight excluding hydrogens is 354 g/mol. The number of anilines is 1. The lowest BCUT2D eigenvalue weighted by atomic mass is 10.1. The van der Waals surface area contributed by atoms with Gasteiger partial charge in [0, 0.05) is 5.71 Å². The summed E-state index contributed by atoms with van der Waals surface area (Å²) in [5.41, 5.74) is 3.18. The molecule has 132 valence electrons. The smallest absolute Gasteiger partial charge is 0.274 e. The molecule has 0 aliphatic rings. The molecule has 2 amide bonds. The van der Waals surface area contributed by atoms with Crippen molar-refractivity contribution in [2.45, 2.75) is 13.8 Å². The molecule has 0 aliphatic heterocycles. The van der Waals surface area contributed by atoms with Crippen LogP contribution in [-0.2, 0) is 0 Å². The van der Waals surface area contributed by atoms with E-state index in [1.165, 1.54) is 11.3 Å². The normalized spacial score (nSPS) is 10.4. The first-order chi connectivity index (χ1) is 12.5. The van der Waals surface area contributed by atoms with E-state index < -0.39 is 17.2 Å². The molecule has 1 aromatic carbocycles. The molecule has 3 aromatic rings. The summed E-state index contributed by atoms with van der Waals surface area (Å²) in [6.07, 6.45) is 1.12. The fourth-order valence-electron chi connectivity index (χ4n) is 2.21. The van der Waals surface area contributed by atoms with Crippen LogP contribution in [0.5, 0.6) is 0 Å². The Hall–Kier alpha value is -3.26. The molecule has 3 rings (SSSR count). The SMILES string of the molecule is CC(C)=NNC(=O)c1ccsc1NC(=O)c1coc2ccccc2c1=O. The lowest BCUT2D eigenvalue weighted by Crippen LogP contribution is -2.23. The van der Waals surface area contributed by atoms with Gasteiger partial charge in [-0.05, 0) is 37.4 Å². The standard InChI is InChI=1S/C18H15N3O4S/c1-10(2)20-21-17(24)12-7-8-26-18(12)19-16(23)13-9-25-14-6-4-3-5-11(14)15(13)22/h3-9H,1-2H3,(H,19,23)(H,21,24). The molecule has 0 radical (unpaired) electrons. The average Bonchev–Trinajstić information content (AvgIpc) is 3.08. The molecule has 26 heavy (non-hydrogen) atoms. The van der Waals surface area contributed by atoms with Gasteiger partial charge in [-0.15, -0.1) is 11.3 Å². The third-order valence-electron chi connectivity index (χ3n) is 3.44. The van der Waals surface area contributed by atoms with Crippen LogP contribution in [0.25, 0.3) is 11.0 Å². The molecule has 2 heterocycles. The number of para-hydroxylation sites is 1. The van der Waals surface area contributed by atoms with Crippen LogP contribution in [-0.4, -0.2) is 17.5 Å². The van der Waals surface area contributed by atoms with E-state index in [4.69, 9.17) is 4.42 Å². The first-order valence-corrected chi connectivity index (χ1v) is 8.56. The largest absolute Gasteiger partial charge is 0.463 e. The monoisotopic (exact) mass is 369 g/mol. The van der Waals surface area contributed by atoms with E-state index in [0.717, 1.165) is 6.26 Å². The summed E-state index contributed by atoms with van der Waals surface area (Å²) in [4.78, 5) is 37.1. The van der Waals surface area contributed by atoms with Crippen molar-refractivity contribution in [1.29, 1.82) is 0 Å². The predicted octanol–water partition coefficient (Wildman–Crippen LogP) is 3.23. The van der Waals surface area contributed by atoms with Gasteiger partial charge in [-0.1, -0.05) is 12.1 Å². The van der Waals surface area contributed by atoms with Crippen LogP contribution in [0.4, 0.5) is 5.00 Å². The lowest BCUT2D eigenvalue weighted by molar-refractivity contribution is 0.0956. The number of carbonyl (C=O) groups is 2. The summed E-state index contributed by atoms with van der Waals surface area (Å²) in [6.45, 7) is 3.49. The molecular formula is C18H15N3O4S. The number of hydrazone groups is 1. The van der Waals surface area contributed by atoms with Gasteiger partial charge >= 0.3 is 0 Å². The van der Waals surface area contributed by atoms with Crippen molar-refractivity contribution >= 4 is 44.8 Å². The Labute approximate surface area is 152 Å². The molecule has 0 atom stereocenters. The maximum absolute atomic E-state index is 12.5. The molecule has 8 heteroatoms. The zero-order valence-electron chi connectivity index (χ0n) is 14.0. The molecule has 2 N–H and O–H groups in total. The van der Waals surface area contributed by atoms with Crippen LogP contribution in [0.15, 0.2) is 56.3 Å². The van der Waals surface area contributed by atoms with Crippen LogP contribution in [0, 0.1) is 0 Å². The number of nitrogens with one attached hydrogen (secondary N) is 2. The van der Waals surface area contributed by atoms with Crippen molar-refractivity contribution in [1.82, 2.24) is 5.43 Å². The minimum absolute atomic E-state index is 0.133. The van der Waals surface area contributed by atoms with Gasteiger partial charge in [0.1, 0.15) is 22.4 Å². The predicted molar refractivity (Wildman–Crippen MR) is 101 cm³/mol. The molecule has 0 saturated carbocycles. The Morgan fingerprint density at radius 2 is 1.85 bits per heavy atom. The number of hydrogen-bond acceptors (Lipinski definition) is 6. The van der Waals surface area contributed by atoms with Crippen LogP contribution in [0.2, 0.25) is 0 Å². The highest BCUT2D eigenvalue weighted by atomic mass is 32.1. The first kappa shape index (κ1) is 17.6. The van der Waals surface area contributed by atoms with E-state index in [2.05, 4.69) is 15.8 Å². The molecule has 0 aliphatic carbocycles. The number of benzene rings is 1. The summed E-state index contributed by atoms with van der Waals surface area (Å²) < 4.78 is 5.35. The summed E-state index contributed by atoms with van der Waals surface area (Å²) in [7, 11) is 0.